The smallest absolute Gasteiger partial charge is 0.120 e. The van der Waals surface area contributed by atoms with Crippen LogP contribution in [-0.2, 0) is 6.54 Å². The van der Waals surface area contributed by atoms with Crippen molar-refractivity contribution in [2.24, 2.45) is 0 Å². The van der Waals surface area contributed by atoms with E-state index >= 15 is 0 Å². The average Bonchev–Trinajstić information content (AvgIpc) is 2.72. The highest BCUT2D eigenvalue weighted by atomic mass is 15.0. The molecule has 102 valence electrons. The van der Waals surface area contributed by atoms with Gasteiger partial charge in [-0.1, -0.05) is 17.2 Å². The van der Waals surface area contributed by atoms with Crippen LogP contribution < -0.4 is 5.32 Å². The number of H-pyrrole nitrogens is 1. The second kappa shape index (κ2) is 5.17. The molecule has 0 atom stereocenters. The van der Waals surface area contributed by atoms with Gasteiger partial charge in [-0.3, -0.25) is 0 Å². The van der Waals surface area contributed by atoms with Crippen LogP contribution in [0.4, 0.5) is 0 Å². The number of hydrogen-bond acceptors (Lipinski definition) is 2. The van der Waals surface area contributed by atoms with E-state index in [-0.39, 0.29) is 5.54 Å². The lowest BCUT2D eigenvalue weighted by molar-refractivity contribution is 0.418. The van der Waals surface area contributed by atoms with Gasteiger partial charge in [0.15, 0.2) is 0 Å². The Balaban J connectivity index is 2.16. The summed E-state index contributed by atoms with van der Waals surface area (Å²) in [5.74, 6) is 0.976. The van der Waals surface area contributed by atoms with E-state index in [1.807, 2.05) is 6.20 Å². The number of imidazole rings is 1. The summed E-state index contributed by atoms with van der Waals surface area (Å²) in [4.78, 5) is 7.82. The Hall–Kier alpha value is -1.61. The van der Waals surface area contributed by atoms with Crippen LogP contribution >= 0.6 is 0 Å². The highest BCUT2D eigenvalue weighted by Gasteiger charge is 2.10. The molecule has 3 heteroatoms. The number of hydrogen-bond donors (Lipinski definition) is 2. The van der Waals surface area contributed by atoms with Crippen molar-refractivity contribution in [1.29, 1.82) is 0 Å². The summed E-state index contributed by atoms with van der Waals surface area (Å²) < 4.78 is 0. The Bertz CT molecular complexity index is 541. The van der Waals surface area contributed by atoms with E-state index in [4.69, 9.17) is 0 Å². The molecule has 0 unspecified atom stereocenters. The lowest BCUT2D eigenvalue weighted by atomic mass is 10.1. The fourth-order valence-electron chi connectivity index (χ4n) is 2.08. The Kier molecular flexibility index (Phi) is 3.76. The minimum absolute atomic E-state index is 0.104. The summed E-state index contributed by atoms with van der Waals surface area (Å²) in [6.07, 6.45) is 1.91. The van der Waals surface area contributed by atoms with Crippen LogP contribution in [0.2, 0.25) is 0 Å². The Labute approximate surface area is 115 Å². The fraction of sp³-hybridized carbons (Fsp3) is 0.438. The maximum atomic E-state index is 4.44. The Morgan fingerprint density at radius 3 is 2.32 bits per heavy atom. The molecule has 0 amide bonds. The summed E-state index contributed by atoms with van der Waals surface area (Å²) in [5, 5.41) is 3.43. The molecule has 1 aromatic heterocycles. The first kappa shape index (κ1) is 13.8. The van der Waals surface area contributed by atoms with Crippen molar-refractivity contribution in [3.8, 4) is 11.3 Å². The van der Waals surface area contributed by atoms with Crippen molar-refractivity contribution in [3.63, 3.8) is 0 Å². The zero-order chi connectivity index (χ0) is 14.0. The lowest BCUT2D eigenvalue weighted by Gasteiger charge is -2.19. The highest BCUT2D eigenvalue weighted by molar-refractivity contribution is 5.60. The van der Waals surface area contributed by atoms with Crippen LogP contribution in [0.5, 0.6) is 0 Å². The molecule has 2 N–H and O–H groups in total. The molecule has 0 saturated carbocycles. The van der Waals surface area contributed by atoms with E-state index in [9.17, 15) is 0 Å². The second-order valence-corrected chi connectivity index (χ2v) is 6.22. The molecule has 1 heterocycles. The minimum atomic E-state index is 0.104. The maximum absolute atomic E-state index is 4.44. The Morgan fingerprint density at radius 1 is 1.11 bits per heavy atom. The quantitative estimate of drug-likeness (QED) is 0.882. The van der Waals surface area contributed by atoms with E-state index in [1.165, 1.54) is 16.7 Å². The molecule has 0 spiro atoms. The largest absolute Gasteiger partial charge is 0.341 e. The molecule has 19 heavy (non-hydrogen) atoms. The first-order valence-corrected chi connectivity index (χ1v) is 6.71. The summed E-state index contributed by atoms with van der Waals surface area (Å²) in [7, 11) is 0. The van der Waals surface area contributed by atoms with Crippen molar-refractivity contribution in [3.05, 3.63) is 41.3 Å². The van der Waals surface area contributed by atoms with Crippen molar-refractivity contribution in [2.75, 3.05) is 0 Å². The minimum Gasteiger partial charge on any atom is -0.341 e. The first-order chi connectivity index (χ1) is 8.83. The van der Waals surface area contributed by atoms with E-state index in [2.05, 4.69) is 68.1 Å². The number of nitrogens with one attached hydrogen (secondary N) is 2. The number of nitrogens with zero attached hydrogens (tertiary/aromatic N) is 1. The molecular formula is C16H23N3. The maximum Gasteiger partial charge on any atom is 0.120 e. The van der Waals surface area contributed by atoms with Crippen LogP contribution in [0.25, 0.3) is 11.3 Å². The van der Waals surface area contributed by atoms with Gasteiger partial charge < -0.3 is 10.3 Å². The van der Waals surface area contributed by atoms with Gasteiger partial charge in [0, 0.05) is 11.1 Å². The molecule has 2 rings (SSSR count). The van der Waals surface area contributed by atoms with E-state index in [1.54, 1.807) is 0 Å². The van der Waals surface area contributed by atoms with E-state index in [0.29, 0.717) is 0 Å². The monoisotopic (exact) mass is 257 g/mol. The van der Waals surface area contributed by atoms with Gasteiger partial charge >= 0.3 is 0 Å². The third-order valence-electron chi connectivity index (χ3n) is 2.95. The topological polar surface area (TPSA) is 40.7 Å². The summed E-state index contributed by atoms with van der Waals surface area (Å²) in [6, 6.07) is 6.55. The average molecular weight is 257 g/mol. The van der Waals surface area contributed by atoms with Crippen molar-refractivity contribution in [2.45, 2.75) is 46.7 Å². The van der Waals surface area contributed by atoms with Gasteiger partial charge in [0.1, 0.15) is 5.82 Å². The molecule has 2 aromatic rings. The van der Waals surface area contributed by atoms with E-state index in [0.717, 1.165) is 18.1 Å². The zero-order valence-electron chi connectivity index (χ0n) is 12.5. The van der Waals surface area contributed by atoms with E-state index < -0.39 is 0 Å². The van der Waals surface area contributed by atoms with Gasteiger partial charge in [0.2, 0.25) is 0 Å². The summed E-state index contributed by atoms with van der Waals surface area (Å²) in [5.41, 5.74) is 4.94. The third kappa shape index (κ3) is 3.93. The van der Waals surface area contributed by atoms with Crippen LogP contribution in [0.15, 0.2) is 24.4 Å². The second-order valence-electron chi connectivity index (χ2n) is 6.22. The van der Waals surface area contributed by atoms with Crippen LogP contribution in [0.1, 0.15) is 37.7 Å². The van der Waals surface area contributed by atoms with Crippen LogP contribution in [0.3, 0.4) is 0 Å². The molecular weight excluding hydrogens is 234 g/mol. The molecule has 0 saturated heterocycles. The molecule has 0 radical (unpaired) electrons. The van der Waals surface area contributed by atoms with Crippen LogP contribution in [0, 0.1) is 13.8 Å². The van der Waals surface area contributed by atoms with Crippen molar-refractivity contribution in [1.82, 2.24) is 15.3 Å². The molecule has 0 bridgehead atoms. The van der Waals surface area contributed by atoms with Crippen molar-refractivity contribution >= 4 is 0 Å². The van der Waals surface area contributed by atoms with Gasteiger partial charge in [0.05, 0.1) is 18.4 Å². The number of benzene rings is 1. The number of aromatic nitrogens is 2. The molecule has 0 fully saturated rings. The predicted molar refractivity (Wildman–Crippen MR) is 80.1 cm³/mol. The number of aromatic amines is 1. The standard InChI is InChI=1S/C16H23N3/c1-11-6-12(2)8-13(7-11)14-9-17-15(19-14)10-18-16(3,4)5/h6-9,18H,10H2,1-5H3,(H,17,19). The van der Waals surface area contributed by atoms with Crippen LogP contribution in [-0.4, -0.2) is 15.5 Å². The number of aryl methyl sites for hydroxylation is 2. The van der Waals surface area contributed by atoms with Gasteiger partial charge in [-0.15, -0.1) is 0 Å². The molecule has 3 nitrogen and oxygen atoms in total. The molecule has 1 aromatic carbocycles. The number of rotatable bonds is 3. The van der Waals surface area contributed by atoms with Gasteiger partial charge in [-0.25, -0.2) is 4.98 Å². The normalized spacial score (nSPS) is 11.8. The molecule has 0 aliphatic heterocycles. The Morgan fingerprint density at radius 2 is 1.74 bits per heavy atom. The summed E-state index contributed by atoms with van der Waals surface area (Å²) >= 11 is 0. The first-order valence-electron chi connectivity index (χ1n) is 6.71. The van der Waals surface area contributed by atoms with Gasteiger partial charge in [0.25, 0.3) is 0 Å². The van der Waals surface area contributed by atoms with Gasteiger partial charge in [-0.2, -0.15) is 0 Å². The SMILES string of the molecule is Cc1cc(C)cc(-c2cnc(CNC(C)(C)C)[nH]2)c1. The third-order valence-corrected chi connectivity index (χ3v) is 2.95. The predicted octanol–water partition coefficient (Wildman–Crippen LogP) is 3.58. The fourth-order valence-corrected chi connectivity index (χ4v) is 2.08. The van der Waals surface area contributed by atoms with Gasteiger partial charge in [-0.05, 0) is 46.8 Å². The zero-order valence-corrected chi connectivity index (χ0v) is 12.5. The lowest BCUT2D eigenvalue weighted by Crippen LogP contribution is -2.35. The summed E-state index contributed by atoms with van der Waals surface area (Å²) in [6.45, 7) is 11.5. The molecule has 0 aliphatic rings. The highest BCUT2D eigenvalue weighted by Crippen LogP contribution is 2.20. The molecule has 0 aliphatic carbocycles. The van der Waals surface area contributed by atoms with Crippen molar-refractivity contribution < 1.29 is 0 Å².